The summed E-state index contributed by atoms with van der Waals surface area (Å²) in [6.45, 7) is 3.88. The van der Waals surface area contributed by atoms with Gasteiger partial charge in [-0.05, 0) is 49.0 Å². The molecule has 1 aromatic rings. The first-order chi connectivity index (χ1) is 8.93. The van der Waals surface area contributed by atoms with Gasteiger partial charge in [-0.25, -0.2) is 0 Å². The fraction of sp³-hybridized carbons (Fsp3) is 0.571. The maximum Gasteiger partial charge on any atom is 0.416 e. The van der Waals surface area contributed by atoms with Crippen molar-refractivity contribution < 1.29 is 17.9 Å². The van der Waals surface area contributed by atoms with Crippen molar-refractivity contribution >= 4 is 0 Å². The van der Waals surface area contributed by atoms with E-state index in [1.54, 1.807) is 6.07 Å². The lowest BCUT2D eigenvalue weighted by Gasteiger charge is -2.31. The molecule has 0 saturated carbocycles. The number of nitrogens with one attached hydrogen (secondary N) is 1. The van der Waals surface area contributed by atoms with Crippen LogP contribution in [0.2, 0.25) is 0 Å². The van der Waals surface area contributed by atoms with Crippen LogP contribution in [-0.4, -0.2) is 20.2 Å². The number of benzene rings is 1. The van der Waals surface area contributed by atoms with Gasteiger partial charge in [-0.3, -0.25) is 0 Å². The van der Waals surface area contributed by atoms with E-state index >= 15 is 0 Å². The number of rotatable bonds is 2. The number of hydrogen-bond donors (Lipinski definition) is 1. The van der Waals surface area contributed by atoms with Gasteiger partial charge in [-0.2, -0.15) is 13.2 Å². The molecule has 1 aliphatic heterocycles. The van der Waals surface area contributed by atoms with E-state index in [2.05, 4.69) is 12.2 Å². The van der Waals surface area contributed by atoms with Crippen molar-refractivity contribution in [3.8, 4) is 5.75 Å². The SMILES string of the molecule is COc1cc(C(F)(F)F)ccc1[C@H]1CCNC[C@H]1C. The third-order valence-corrected chi connectivity index (χ3v) is 3.75. The monoisotopic (exact) mass is 273 g/mol. The second-order valence-electron chi connectivity index (χ2n) is 5.03. The van der Waals surface area contributed by atoms with Crippen LogP contribution in [-0.2, 0) is 6.18 Å². The fourth-order valence-electron chi connectivity index (χ4n) is 2.67. The molecule has 2 rings (SSSR count). The fourth-order valence-corrected chi connectivity index (χ4v) is 2.67. The molecule has 5 heteroatoms. The van der Waals surface area contributed by atoms with E-state index < -0.39 is 11.7 Å². The van der Waals surface area contributed by atoms with E-state index in [1.165, 1.54) is 7.11 Å². The van der Waals surface area contributed by atoms with Crippen molar-refractivity contribution in [2.24, 2.45) is 5.92 Å². The largest absolute Gasteiger partial charge is 0.496 e. The van der Waals surface area contributed by atoms with Crippen LogP contribution >= 0.6 is 0 Å². The van der Waals surface area contributed by atoms with Crippen LogP contribution < -0.4 is 10.1 Å². The second-order valence-corrected chi connectivity index (χ2v) is 5.03. The van der Waals surface area contributed by atoms with E-state index in [4.69, 9.17) is 4.74 Å². The van der Waals surface area contributed by atoms with Gasteiger partial charge in [0.25, 0.3) is 0 Å². The van der Waals surface area contributed by atoms with Crippen molar-refractivity contribution in [3.63, 3.8) is 0 Å². The zero-order valence-electron chi connectivity index (χ0n) is 11.1. The first-order valence-electron chi connectivity index (χ1n) is 6.39. The molecule has 0 spiro atoms. The first-order valence-corrected chi connectivity index (χ1v) is 6.39. The van der Waals surface area contributed by atoms with Crippen molar-refractivity contribution in [2.75, 3.05) is 20.2 Å². The molecule has 2 nitrogen and oxygen atoms in total. The quantitative estimate of drug-likeness (QED) is 0.891. The molecule has 19 heavy (non-hydrogen) atoms. The van der Waals surface area contributed by atoms with Crippen LogP contribution in [0.5, 0.6) is 5.75 Å². The summed E-state index contributed by atoms with van der Waals surface area (Å²) in [6, 6.07) is 3.81. The molecule has 0 aromatic heterocycles. The third-order valence-electron chi connectivity index (χ3n) is 3.75. The number of ether oxygens (including phenoxy) is 1. The van der Waals surface area contributed by atoms with Crippen LogP contribution in [0.1, 0.15) is 30.4 Å². The molecule has 1 aliphatic rings. The molecule has 1 saturated heterocycles. The summed E-state index contributed by atoms with van der Waals surface area (Å²) in [5, 5.41) is 3.29. The van der Waals surface area contributed by atoms with Crippen molar-refractivity contribution in [1.82, 2.24) is 5.32 Å². The highest BCUT2D eigenvalue weighted by Crippen LogP contribution is 2.39. The average Bonchev–Trinajstić information content (AvgIpc) is 2.37. The number of piperidine rings is 1. The molecular weight excluding hydrogens is 255 g/mol. The van der Waals surface area contributed by atoms with Gasteiger partial charge in [0.05, 0.1) is 12.7 Å². The Hall–Kier alpha value is -1.23. The molecule has 1 heterocycles. The third kappa shape index (κ3) is 3.03. The van der Waals surface area contributed by atoms with Gasteiger partial charge in [0, 0.05) is 0 Å². The van der Waals surface area contributed by atoms with Gasteiger partial charge < -0.3 is 10.1 Å². The Balaban J connectivity index is 2.35. The van der Waals surface area contributed by atoms with Gasteiger partial charge in [-0.15, -0.1) is 0 Å². The molecule has 1 N–H and O–H groups in total. The van der Waals surface area contributed by atoms with E-state index in [9.17, 15) is 13.2 Å². The summed E-state index contributed by atoms with van der Waals surface area (Å²) in [5.41, 5.74) is 0.221. The second kappa shape index (κ2) is 5.41. The Morgan fingerprint density at radius 3 is 2.63 bits per heavy atom. The van der Waals surface area contributed by atoms with Crippen LogP contribution in [0.15, 0.2) is 18.2 Å². The molecule has 0 aliphatic carbocycles. The number of hydrogen-bond acceptors (Lipinski definition) is 2. The van der Waals surface area contributed by atoms with Gasteiger partial charge in [0.15, 0.2) is 0 Å². The predicted molar refractivity (Wildman–Crippen MR) is 67.4 cm³/mol. The summed E-state index contributed by atoms with van der Waals surface area (Å²) >= 11 is 0. The number of halogens is 3. The Bertz CT molecular complexity index is 445. The zero-order valence-corrected chi connectivity index (χ0v) is 11.1. The average molecular weight is 273 g/mol. The van der Waals surface area contributed by atoms with Crippen molar-refractivity contribution in [1.29, 1.82) is 0 Å². The first kappa shape index (κ1) is 14.2. The standard InChI is InChI=1S/C14H18F3NO/c1-9-8-18-6-5-11(9)12-4-3-10(14(15,16)17)7-13(12)19-2/h3-4,7,9,11,18H,5-6,8H2,1-2H3/t9-,11+/m1/s1. The van der Waals surface area contributed by atoms with E-state index in [1.807, 2.05) is 0 Å². The molecule has 0 unspecified atom stereocenters. The topological polar surface area (TPSA) is 21.3 Å². The minimum absolute atomic E-state index is 0.249. The lowest BCUT2D eigenvalue weighted by molar-refractivity contribution is -0.137. The molecule has 106 valence electrons. The molecule has 0 amide bonds. The van der Waals surface area contributed by atoms with Crippen LogP contribution in [0.4, 0.5) is 13.2 Å². The van der Waals surface area contributed by atoms with Crippen LogP contribution in [0, 0.1) is 5.92 Å². The van der Waals surface area contributed by atoms with Crippen molar-refractivity contribution in [2.45, 2.75) is 25.4 Å². The maximum absolute atomic E-state index is 12.7. The highest BCUT2D eigenvalue weighted by molar-refractivity contribution is 5.41. The van der Waals surface area contributed by atoms with Gasteiger partial charge in [0.1, 0.15) is 5.75 Å². The summed E-state index contributed by atoms with van der Waals surface area (Å²) in [5.74, 6) is 0.978. The molecule has 2 atom stereocenters. The Labute approximate surface area is 111 Å². The normalized spacial score (nSPS) is 24.3. The molecule has 1 fully saturated rings. The van der Waals surface area contributed by atoms with E-state index in [0.29, 0.717) is 11.7 Å². The van der Waals surface area contributed by atoms with Crippen LogP contribution in [0.3, 0.4) is 0 Å². The Morgan fingerprint density at radius 1 is 1.32 bits per heavy atom. The molecule has 0 bridgehead atoms. The summed E-state index contributed by atoms with van der Waals surface area (Å²) in [6.07, 6.45) is -3.41. The molecular formula is C14H18F3NO. The minimum atomic E-state index is -4.33. The Kier molecular flexibility index (Phi) is 4.04. The Morgan fingerprint density at radius 2 is 2.05 bits per heavy atom. The highest BCUT2D eigenvalue weighted by atomic mass is 19.4. The van der Waals surface area contributed by atoms with Crippen LogP contribution in [0.25, 0.3) is 0 Å². The number of alkyl halides is 3. The maximum atomic E-state index is 12.7. The summed E-state index contributed by atoms with van der Waals surface area (Å²) in [4.78, 5) is 0. The molecule has 1 aromatic carbocycles. The zero-order chi connectivity index (χ0) is 14.0. The van der Waals surface area contributed by atoms with E-state index in [-0.39, 0.29) is 5.92 Å². The lowest BCUT2D eigenvalue weighted by Crippen LogP contribution is -2.33. The van der Waals surface area contributed by atoms with Gasteiger partial charge in [0.2, 0.25) is 0 Å². The van der Waals surface area contributed by atoms with Crippen molar-refractivity contribution in [3.05, 3.63) is 29.3 Å². The highest BCUT2D eigenvalue weighted by Gasteiger charge is 2.33. The minimum Gasteiger partial charge on any atom is -0.496 e. The molecule has 0 radical (unpaired) electrons. The summed E-state index contributed by atoms with van der Waals surface area (Å²) in [7, 11) is 1.42. The van der Waals surface area contributed by atoms with Gasteiger partial charge >= 0.3 is 6.18 Å². The predicted octanol–water partition coefficient (Wildman–Crippen LogP) is 3.43. The smallest absolute Gasteiger partial charge is 0.416 e. The number of methoxy groups -OCH3 is 1. The summed E-state index contributed by atoms with van der Waals surface area (Å²) < 4.78 is 43.2. The van der Waals surface area contributed by atoms with Gasteiger partial charge in [-0.1, -0.05) is 13.0 Å². The lowest BCUT2D eigenvalue weighted by atomic mass is 9.81. The van der Waals surface area contributed by atoms with E-state index in [0.717, 1.165) is 37.2 Å².